The van der Waals surface area contributed by atoms with Gasteiger partial charge >= 0.3 is 6.18 Å². The molecule has 0 atom stereocenters. The van der Waals surface area contributed by atoms with Crippen LogP contribution in [0.15, 0.2) is 22.7 Å². The lowest BCUT2D eigenvalue weighted by Crippen LogP contribution is -2.34. The highest BCUT2D eigenvalue weighted by Crippen LogP contribution is 2.29. The Balaban J connectivity index is 3.01. The van der Waals surface area contributed by atoms with Crippen molar-refractivity contribution in [2.24, 2.45) is 0 Å². The van der Waals surface area contributed by atoms with E-state index in [9.17, 15) is 13.2 Å². The summed E-state index contributed by atoms with van der Waals surface area (Å²) in [6, 6.07) is 6.45. The lowest BCUT2D eigenvalue weighted by atomic mass is 10.2. The van der Waals surface area contributed by atoms with Crippen molar-refractivity contribution >= 4 is 21.6 Å². The lowest BCUT2D eigenvalue weighted by Gasteiger charge is -2.25. The zero-order valence-corrected chi connectivity index (χ0v) is 10.6. The maximum absolute atomic E-state index is 12.3. The average Bonchev–Trinajstić information content (AvgIpc) is 2.24. The maximum Gasteiger partial charge on any atom is 0.405 e. The van der Waals surface area contributed by atoms with Crippen LogP contribution in [0, 0.1) is 11.3 Å². The van der Waals surface area contributed by atoms with Gasteiger partial charge in [0.1, 0.15) is 6.54 Å². The SMILES string of the molecule is CCN(CC(F)(F)F)c1ccc(C#N)cc1Br. The van der Waals surface area contributed by atoms with Gasteiger partial charge in [0.15, 0.2) is 0 Å². The molecule has 0 unspecified atom stereocenters. The summed E-state index contributed by atoms with van der Waals surface area (Å²) >= 11 is 3.18. The zero-order chi connectivity index (χ0) is 13.1. The van der Waals surface area contributed by atoms with E-state index in [2.05, 4.69) is 15.9 Å². The molecule has 0 N–H and O–H groups in total. The summed E-state index contributed by atoms with van der Waals surface area (Å²) in [7, 11) is 0. The standard InChI is InChI=1S/C11H10BrF3N2/c1-2-17(7-11(13,14)15)10-4-3-8(6-16)5-9(10)12/h3-5H,2,7H2,1H3. The zero-order valence-electron chi connectivity index (χ0n) is 9.05. The summed E-state index contributed by atoms with van der Waals surface area (Å²) < 4.78 is 37.5. The van der Waals surface area contributed by atoms with E-state index in [4.69, 9.17) is 5.26 Å². The van der Waals surface area contributed by atoms with Crippen LogP contribution in [0.5, 0.6) is 0 Å². The van der Waals surface area contributed by atoms with E-state index in [0.717, 1.165) is 0 Å². The first-order chi connectivity index (χ1) is 7.87. The molecule has 0 aliphatic carbocycles. The molecule has 0 radical (unpaired) electrons. The van der Waals surface area contributed by atoms with Gasteiger partial charge in [-0.1, -0.05) is 0 Å². The lowest BCUT2D eigenvalue weighted by molar-refractivity contribution is -0.119. The minimum absolute atomic E-state index is 0.240. The van der Waals surface area contributed by atoms with E-state index in [1.54, 1.807) is 6.92 Å². The van der Waals surface area contributed by atoms with Crippen molar-refractivity contribution in [1.82, 2.24) is 0 Å². The largest absolute Gasteiger partial charge is 0.405 e. The Kier molecular flexibility index (Phi) is 4.40. The van der Waals surface area contributed by atoms with E-state index in [0.29, 0.717) is 15.7 Å². The van der Waals surface area contributed by atoms with Gasteiger partial charge in [0.25, 0.3) is 0 Å². The molecule has 0 aliphatic rings. The molecule has 6 heteroatoms. The third kappa shape index (κ3) is 3.93. The molecule has 0 saturated carbocycles. The molecule has 2 nitrogen and oxygen atoms in total. The molecule has 0 amide bonds. The van der Waals surface area contributed by atoms with Gasteiger partial charge in [-0.2, -0.15) is 18.4 Å². The monoisotopic (exact) mass is 306 g/mol. The van der Waals surface area contributed by atoms with Gasteiger partial charge in [-0.3, -0.25) is 0 Å². The van der Waals surface area contributed by atoms with Crippen LogP contribution in [0.2, 0.25) is 0 Å². The van der Waals surface area contributed by atoms with Gasteiger partial charge in [0.2, 0.25) is 0 Å². The van der Waals surface area contributed by atoms with Crippen LogP contribution in [-0.4, -0.2) is 19.3 Å². The highest BCUT2D eigenvalue weighted by Gasteiger charge is 2.30. The summed E-state index contributed by atoms with van der Waals surface area (Å²) in [6.45, 7) is 0.883. The van der Waals surface area contributed by atoms with Crippen molar-refractivity contribution in [3.63, 3.8) is 0 Å². The highest BCUT2D eigenvalue weighted by molar-refractivity contribution is 9.10. The third-order valence-electron chi connectivity index (χ3n) is 2.17. The minimum atomic E-state index is -4.25. The molecular weight excluding hydrogens is 297 g/mol. The van der Waals surface area contributed by atoms with Crippen LogP contribution in [0.25, 0.3) is 0 Å². The van der Waals surface area contributed by atoms with Crippen molar-refractivity contribution in [2.75, 3.05) is 18.0 Å². The van der Waals surface area contributed by atoms with Crippen molar-refractivity contribution in [2.45, 2.75) is 13.1 Å². The van der Waals surface area contributed by atoms with Gasteiger partial charge in [-0.05, 0) is 41.1 Å². The van der Waals surface area contributed by atoms with Gasteiger partial charge in [-0.25, -0.2) is 0 Å². The molecule has 0 heterocycles. The summed E-state index contributed by atoms with van der Waals surface area (Å²) in [6.07, 6.45) is -4.25. The predicted molar refractivity (Wildman–Crippen MR) is 62.8 cm³/mol. The topological polar surface area (TPSA) is 27.0 Å². The van der Waals surface area contributed by atoms with Crippen molar-refractivity contribution in [1.29, 1.82) is 5.26 Å². The molecule has 92 valence electrons. The number of benzene rings is 1. The van der Waals surface area contributed by atoms with E-state index in [-0.39, 0.29) is 6.54 Å². The van der Waals surface area contributed by atoms with Crippen LogP contribution in [0.3, 0.4) is 0 Å². The summed E-state index contributed by atoms with van der Waals surface area (Å²) in [5, 5.41) is 8.67. The van der Waals surface area contributed by atoms with Crippen LogP contribution in [0.4, 0.5) is 18.9 Å². The van der Waals surface area contributed by atoms with Gasteiger partial charge in [0, 0.05) is 11.0 Å². The van der Waals surface area contributed by atoms with E-state index >= 15 is 0 Å². The first kappa shape index (κ1) is 13.8. The predicted octanol–water partition coefficient (Wildman–Crippen LogP) is 3.71. The fourth-order valence-corrected chi connectivity index (χ4v) is 2.05. The molecule has 1 aromatic carbocycles. The summed E-state index contributed by atoms with van der Waals surface area (Å²) in [5.74, 6) is 0. The fourth-order valence-electron chi connectivity index (χ4n) is 1.42. The van der Waals surface area contributed by atoms with Crippen molar-refractivity contribution in [3.8, 4) is 6.07 Å². The molecule has 1 aromatic rings. The van der Waals surface area contributed by atoms with Crippen molar-refractivity contribution in [3.05, 3.63) is 28.2 Å². The number of hydrogen-bond acceptors (Lipinski definition) is 2. The molecule has 0 saturated heterocycles. The molecule has 0 bridgehead atoms. The maximum atomic E-state index is 12.3. The van der Waals surface area contributed by atoms with Crippen LogP contribution in [-0.2, 0) is 0 Å². The Hall–Kier alpha value is -1.22. The Labute approximate surface area is 106 Å². The number of halogens is 4. The Morgan fingerprint density at radius 2 is 2.06 bits per heavy atom. The van der Waals surface area contributed by atoms with Gasteiger partial charge in [0.05, 0.1) is 17.3 Å². The summed E-state index contributed by atoms with van der Waals surface area (Å²) in [5.41, 5.74) is 0.840. The molecular formula is C11H10BrF3N2. The second-order valence-electron chi connectivity index (χ2n) is 3.41. The highest BCUT2D eigenvalue weighted by atomic mass is 79.9. The Morgan fingerprint density at radius 3 is 2.47 bits per heavy atom. The first-order valence-electron chi connectivity index (χ1n) is 4.88. The van der Waals surface area contributed by atoms with Crippen LogP contribution >= 0.6 is 15.9 Å². The van der Waals surface area contributed by atoms with Crippen molar-refractivity contribution < 1.29 is 13.2 Å². The normalized spacial score (nSPS) is 11.1. The third-order valence-corrected chi connectivity index (χ3v) is 2.80. The Bertz CT molecular complexity index is 437. The van der Waals surface area contributed by atoms with Gasteiger partial charge in [-0.15, -0.1) is 0 Å². The number of hydrogen-bond donors (Lipinski definition) is 0. The van der Waals surface area contributed by atoms with E-state index in [1.165, 1.54) is 23.1 Å². The first-order valence-corrected chi connectivity index (χ1v) is 5.68. The molecule has 0 spiro atoms. The van der Waals surface area contributed by atoms with E-state index in [1.807, 2.05) is 6.07 Å². The van der Waals surface area contributed by atoms with Crippen LogP contribution in [0.1, 0.15) is 12.5 Å². The molecule has 1 rings (SSSR count). The Morgan fingerprint density at radius 1 is 1.41 bits per heavy atom. The minimum Gasteiger partial charge on any atom is -0.362 e. The summed E-state index contributed by atoms with van der Waals surface area (Å²) in [4.78, 5) is 1.20. The van der Waals surface area contributed by atoms with Gasteiger partial charge < -0.3 is 4.90 Å². The molecule has 0 aliphatic heterocycles. The average molecular weight is 307 g/mol. The smallest absolute Gasteiger partial charge is 0.362 e. The van der Waals surface area contributed by atoms with E-state index < -0.39 is 12.7 Å². The molecule has 0 fully saturated rings. The number of anilines is 1. The second kappa shape index (κ2) is 5.41. The number of alkyl halides is 3. The fraction of sp³-hybridized carbons (Fsp3) is 0.364. The molecule has 0 aromatic heterocycles. The number of nitrogens with zero attached hydrogens (tertiary/aromatic N) is 2. The second-order valence-corrected chi connectivity index (χ2v) is 4.26. The number of rotatable bonds is 3. The quantitative estimate of drug-likeness (QED) is 0.851. The van der Waals surface area contributed by atoms with Crippen LogP contribution < -0.4 is 4.90 Å². The molecule has 17 heavy (non-hydrogen) atoms. The number of nitriles is 1.